The lowest BCUT2D eigenvalue weighted by Gasteiger charge is -2.13. The highest BCUT2D eigenvalue weighted by Gasteiger charge is 2.07. The third kappa shape index (κ3) is 1.98. The highest BCUT2D eigenvalue weighted by molar-refractivity contribution is 5.83. The van der Waals surface area contributed by atoms with Crippen LogP contribution in [0.2, 0.25) is 0 Å². The lowest BCUT2D eigenvalue weighted by molar-refractivity contribution is 0.477. The summed E-state index contributed by atoms with van der Waals surface area (Å²) in [7, 11) is 0. The van der Waals surface area contributed by atoms with Gasteiger partial charge < -0.3 is 10.3 Å². The minimum atomic E-state index is 0.613. The molecule has 0 aliphatic rings. The van der Waals surface area contributed by atoms with Gasteiger partial charge in [0.25, 0.3) is 0 Å². The maximum atomic E-state index is 5.79. The van der Waals surface area contributed by atoms with Crippen molar-refractivity contribution in [2.45, 2.75) is 33.4 Å². The van der Waals surface area contributed by atoms with E-state index in [0.717, 1.165) is 6.54 Å². The summed E-state index contributed by atoms with van der Waals surface area (Å²) in [4.78, 5) is 0. The lowest BCUT2D eigenvalue weighted by Crippen LogP contribution is -2.07. The van der Waals surface area contributed by atoms with Crippen molar-refractivity contribution in [3.63, 3.8) is 0 Å². The first-order chi connectivity index (χ1) is 7.76. The number of aromatic nitrogens is 1. The highest BCUT2D eigenvalue weighted by atomic mass is 15.0. The molecule has 1 heterocycles. The van der Waals surface area contributed by atoms with Crippen LogP contribution in [0.1, 0.15) is 25.8 Å². The van der Waals surface area contributed by atoms with Crippen molar-refractivity contribution in [1.29, 1.82) is 0 Å². The van der Waals surface area contributed by atoms with Crippen LogP contribution in [-0.2, 0) is 13.1 Å². The zero-order valence-corrected chi connectivity index (χ0v) is 10.1. The van der Waals surface area contributed by atoms with Crippen molar-refractivity contribution in [2.75, 3.05) is 0 Å². The van der Waals surface area contributed by atoms with E-state index >= 15 is 0 Å². The fraction of sp³-hybridized carbons (Fsp3) is 0.429. The number of nitrogens with two attached hydrogens (primary N) is 1. The topological polar surface area (TPSA) is 30.9 Å². The maximum Gasteiger partial charge on any atom is 0.0525 e. The van der Waals surface area contributed by atoms with Gasteiger partial charge in [-0.3, -0.25) is 0 Å². The minimum absolute atomic E-state index is 0.613. The Morgan fingerprint density at radius 2 is 2.12 bits per heavy atom. The summed E-state index contributed by atoms with van der Waals surface area (Å²) >= 11 is 0. The van der Waals surface area contributed by atoms with Gasteiger partial charge in [-0.1, -0.05) is 38.5 Å². The van der Waals surface area contributed by atoms with Crippen molar-refractivity contribution in [3.8, 4) is 0 Å². The van der Waals surface area contributed by atoms with E-state index in [4.69, 9.17) is 5.73 Å². The van der Waals surface area contributed by atoms with Crippen LogP contribution in [0.3, 0.4) is 0 Å². The Morgan fingerprint density at radius 3 is 2.81 bits per heavy atom. The number of para-hydroxylation sites is 1. The molecule has 0 fully saturated rings. The van der Waals surface area contributed by atoms with Crippen LogP contribution < -0.4 is 5.73 Å². The van der Waals surface area contributed by atoms with Gasteiger partial charge in [-0.25, -0.2) is 0 Å². The van der Waals surface area contributed by atoms with E-state index < -0.39 is 0 Å². The average Bonchev–Trinajstić information content (AvgIpc) is 2.72. The summed E-state index contributed by atoms with van der Waals surface area (Å²) in [6, 6.07) is 8.53. The van der Waals surface area contributed by atoms with Crippen LogP contribution in [0, 0.1) is 5.92 Å². The summed E-state index contributed by atoms with van der Waals surface area (Å²) in [6.07, 6.45) is 3.39. The van der Waals surface area contributed by atoms with E-state index in [1.165, 1.54) is 22.9 Å². The second kappa shape index (κ2) is 4.71. The number of benzene rings is 1. The van der Waals surface area contributed by atoms with Crippen LogP contribution in [0.25, 0.3) is 10.9 Å². The zero-order chi connectivity index (χ0) is 11.5. The van der Waals surface area contributed by atoms with Gasteiger partial charge in [0, 0.05) is 19.3 Å². The lowest BCUT2D eigenvalue weighted by atomic mass is 10.1. The van der Waals surface area contributed by atoms with E-state index in [1.54, 1.807) is 0 Å². The second-order valence-corrected chi connectivity index (χ2v) is 4.54. The molecule has 2 nitrogen and oxygen atoms in total. The van der Waals surface area contributed by atoms with Crippen LogP contribution >= 0.6 is 0 Å². The van der Waals surface area contributed by atoms with Crippen molar-refractivity contribution < 1.29 is 0 Å². The molecule has 0 aliphatic carbocycles. The molecule has 0 radical (unpaired) electrons. The molecule has 16 heavy (non-hydrogen) atoms. The van der Waals surface area contributed by atoms with E-state index in [2.05, 4.69) is 48.9 Å². The van der Waals surface area contributed by atoms with Gasteiger partial charge in [0.15, 0.2) is 0 Å². The molecule has 0 saturated carbocycles. The molecule has 0 aliphatic heterocycles. The monoisotopic (exact) mass is 216 g/mol. The predicted octanol–water partition coefficient (Wildman–Crippen LogP) is 3.15. The van der Waals surface area contributed by atoms with E-state index in [0.29, 0.717) is 12.5 Å². The zero-order valence-electron chi connectivity index (χ0n) is 10.1. The van der Waals surface area contributed by atoms with Gasteiger partial charge in [0.05, 0.1) is 5.52 Å². The van der Waals surface area contributed by atoms with E-state index in [1.807, 2.05) is 0 Å². The van der Waals surface area contributed by atoms with Gasteiger partial charge in [0.2, 0.25) is 0 Å². The number of nitrogens with zero attached hydrogens (tertiary/aromatic N) is 1. The molecule has 0 saturated heterocycles. The molecule has 1 unspecified atom stereocenters. The number of fused-ring (bicyclic) bond motifs is 1. The number of hydrogen-bond donors (Lipinski definition) is 1. The first-order valence-electron chi connectivity index (χ1n) is 6.03. The molecule has 2 rings (SSSR count). The summed E-state index contributed by atoms with van der Waals surface area (Å²) < 4.78 is 2.34. The van der Waals surface area contributed by atoms with Crippen LogP contribution in [0.5, 0.6) is 0 Å². The third-order valence-electron chi connectivity index (χ3n) is 3.30. The largest absolute Gasteiger partial charge is 0.347 e. The summed E-state index contributed by atoms with van der Waals surface area (Å²) in [5.41, 5.74) is 8.35. The van der Waals surface area contributed by atoms with Crippen LogP contribution in [0.15, 0.2) is 30.5 Å². The number of hydrogen-bond acceptors (Lipinski definition) is 1. The Bertz CT molecular complexity index is 471. The average molecular weight is 216 g/mol. The van der Waals surface area contributed by atoms with Crippen molar-refractivity contribution in [3.05, 3.63) is 36.0 Å². The van der Waals surface area contributed by atoms with Gasteiger partial charge >= 0.3 is 0 Å². The maximum absolute atomic E-state index is 5.79. The summed E-state index contributed by atoms with van der Waals surface area (Å²) in [6.45, 7) is 6.22. The fourth-order valence-electron chi connectivity index (χ4n) is 2.12. The molecular weight excluding hydrogens is 196 g/mol. The Hall–Kier alpha value is -1.28. The normalized spacial score (nSPS) is 13.2. The molecule has 0 bridgehead atoms. The third-order valence-corrected chi connectivity index (χ3v) is 3.30. The summed E-state index contributed by atoms with van der Waals surface area (Å²) in [5, 5.41) is 1.30. The van der Waals surface area contributed by atoms with Crippen molar-refractivity contribution >= 4 is 10.9 Å². The molecule has 86 valence electrons. The second-order valence-electron chi connectivity index (χ2n) is 4.54. The molecule has 2 N–H and O–H groups in total. The molecule has 1 aromatic heterocycles. The van der Waals surface area contributed by atoms with Gasteiger partial charge in [-0.2, -0.15) is 0 Å². The summed E-state index contributed by atoms with van der Waals surface area (Å²) in [5.74, 6) is 0.710. The molecule has 2 heteroatoms. The SMILES string of the molecule is CCC(C)Cn1ccc2cccc(CN)c21. The molecule has 2 aromatic rings. The standard InChI is InChI=1S/C14H20N2/c1-3-11(2)10-16-8-7-12-5-4-6-13(9-15)14(12)16/h4-8,11H,3,9-10,15H2,1-2H3. The Balaban J connectivity index is 2.45. The quantitative estimate of drug-likeness (QED) is 0.836. The van der Waals surface area contributed by atoms with Crippen LogP contribution in [0.4, 0.5) is 0 Å². The van der Waals surface area contributed by atoms with E-state index in [9.17, 15) is 0 Å². The number of rotatable bonds is 4. The van der Waals surface area contributed by atoms with Crippen molar-refractivity contribution in [1.82, 2.24) is 4.57 Å². The highest BCUT2D eigenvalue weighted by Crippen LogP contribution is 2.21. The molecule has 1 atom stereocenters. The fourth-order valence-corrected chi connectivity index (χ4v) is 2.12. The Labute approximate surface area is 97.1 Å². The molecule has 0 amide bonds. The van der Waals surface area contributed by atoms with Gasteiger partial charge in [-0.15, -0.1) is 0 Å². The van der Waals surface area contributed by atoms with Crippen molar-refractivity contribution in [2.24, 2.45) is 11.7 Å². The van der Waals surface area contributed by atoms with Gasteiger partial charge in [-0.05, 0) is 22.9 Å². The minimum Gasteiger partial charge on any atom is -0.347 e. The Morgan fingerprint density at radius 1 is 1.31 bits per heavy atom. The molecular formula is C14H20N2. The van der Waals surface area contributed by atoms with Crippen LogP contribution in [-0.4, -0.2) is 4.57 Å². The first-order valence-corrected chi connectivity index (χ1v) is 6.03. The van der Waals surface area contributed by atoms with Gasteiger partial charge in [0.1, 0.15) is 0 Å². The smallest absolute Gasteiger partial charge is 0.0525 e. The molecule has 1 aromatic carbocycles. The first kappa shape index (κ1) is 11.2. The Kier molecular flexibility index (Phi) is 3.30. The predicted molar refractivity (Wildman–Crippen MR) is 69.3 cm³/mol. The van der Waals surface area contributed by atoms with E-state index in [-0.39, 0.29) is 0 Å². The molecule has 0 spiro atoms.